The van der Waals surface area contributed by atoms with E-state index in [0.29, 0.717) is 18.0 Å². The summed E-state index contributed by atoms with van der Waals surface area (Å²) in [5, 5.41) is 5.19. The number of hydrogen-bond acceptors (Lipinski definition) is 6. The van der Waals surface area contributed by atoms with Gasteiger partial charge in [0.1, 0.15) is 9.71 Å². The Labute approximate surface area is 191 Å². The van der Waals surface area contributed by atoms with Crippen LogP contribution in [-0.4, -0.2) is 46.5 Å². The molecule has 1 aliphatic heterocycles. The number of para-hydroxylation sites is 1. The predicted molar refractivity (Wildman–Crippen MR) is 128 cm³/mol. The van der Waals surface area contributed by atoms with Crippen LogP contribution in [0, 0.1) is 0 Å². The van der Waals surface area contributed by atoms with Gasteiger partial charge in [-0.05, 0) is 31.5 Å². The van der Waals surface area contributed by atoms with Gasteiger partial charge in [0.2, 0.25) is 0 Å². The van der Waals surface area contributed by atoms with Crippen LogP contribution in [0.15, 0.2) is 54.9 Å². The quantitative estimate of drug-likeness (QED) is 0.487. The van der Waals surface area contributed by atoms with Crippen LogP contribution in [0.5, 0.6) is 0 Å². The molecule has 3 aromatic heterocycles. The topological polar surface area (TPSA) is 67.4 Å². The summed E-state index contributed by atoms with van der Waals surface area (Å²) in [7, 11) is 0. The van der Waals surface area contributed by atoms with E-state index in [4.69, 9.17) is 4.74 Å². The van der Waals surface area contributed by atoms with Crippen LogP contribution in [0.3, 0.4) is 0 Å². The third-order valence-corrected chi connectivity index (χ3v) is 6.84. The maximum absolute atomic E-state index is 13.0. The summed E-state index contributed by atoms with van der Waals surface area (Å²) in [6, 6.07) is 14.4. The van der Waals surface area contributed by atoms with Gasteiger partial charge in [-0.15, -0.1) is 11.3 Å². The zero-order chi connectivity index (χ0) is 22.1. The molecule has 0 saturated carbocycles. The minimum atomic E-state index is -0.183. The number of amides is 1. The van der Waals surface area contributed by atoms with E-state index >= 15 is 0 Å². The number of fused-ring (bicyclic) bond motifs is 2. The lowest BCUT2D eigenvalue weighted by atomic mass is 10.0. The third kappa shape index (κ3) is 4.11. The number of thiophene rings is 1. The lowest BCUT2D eigenvalue weighted by Crippen LogP contribution is -2.38. The van der Waals surface area contributed by atoms with Gasteiger partial charge >= 0.3 is 0 Å². The number of nitrogens with zero attached hydrogens (tertiary/aromatic N) is 3. The molecule has 1 fully saturated rings. The van der Waals surface area contributed by atoms with Crippen molar-refractivity contribution in [3.8, 4) is 0 Å². The zero-order valence-corrected chi connectivity index (χ0v) is 19.1. The van der Waals surface area contributed by atoms with Crippen LogP contribution in [0.25, 0.3) is 21.1 Å². The van der Waals surface area contributed by atoms with E-state index in [-0.39, 0.29) is 18.1 Å². The summed E-state index contributed by atoms with van der Waals surface area (Å²) < 4.78 is 6.22. The molecule has 0 radical (unpaired) electrons. The lowest BCUT2D eigenvalue weighted by molar-refractivity contribution is -0.0322. The van der Waals surface area contributed by atoms with Gasteiger partial charge in [0.15, 0.2) is 0 Å². The fourth-order valence-electron chi connectivity index (χ4n) is 4.32. The van der Waals surface area contributed by atoms with Crippen LogP contribution in [0.1, 0.15) is 40.8 Å². The number of ether oxygens (including phenoxy) is 1. The SMILES string of the molecule is CC(C)NC(=O)c1sc2ncccc2c1C1CN(Cc2cccc3cccnc23)CCO1. The molecule has 7 heteroatoms. The molecule has 32 heavy (non-hydrogen) atoms. The number of benzene rings is 1. The molecular weight excluding hydrogens is 420 g/mol. The van der Waals surface area contributed by atoms with Crippen molar-refractivity contribution in [3.05, 3.63) is 70.9 Å². The Hall–Kier alpha value is -2.87. The van der Waals surface area contributed by atoms with Gasteiger partial charge in [-0.3, -0.25) is 14.7 Å². The maximum atomic E-state index is 13.0. The first-order chi connectivity index (χ1) is 15.6. The molecule has 1 amide bonds. The van der Waals surface area contributed by atoms with Crippen molar-refractivity contribution >= 4 is 38.4 Å². The van der Waals surface area contributed by atoms with Crippen molar-refractivity contribution in [1.82, 2.24) is 20.2 Å². The van der Waals surface area contributed by atoms with E-state index in [1.165, 1.54) is 16.9 Å². The van der Waals surface area contributed by atoms with E-state index in [1.54, 1.807) is 6.20 Å². The Morgan fingerprint density at radius 1 is 1.19 bits per heavy atom. The van der Waals surface area contributed by atoms with Crippen molar-refractivity contribution in [3.63, 3.8) is 0 Å². The Morgan fingerprint density at radius 2 is 2.00 bits per heavy atom. The molecule has 0 bridgehead atoms. The molecule has 164 valence electrons. The van der Waals surface area contributed by atoms with Crippen molar-refractivity contribution in [2.24, 2.45) is 0 Å². The first-order valence-electron chi connectivity index (χ1n) is 10.9. The van der Waals surface area contributed by atoms with Gasteiger partial charge in [0, 0.05) is 54.4 Å². The minimum absolute atomic E-state index is 0.0584. The normalized spacial score (nSPS) is 17.3. The molecule has 0 spiro atoms. The average Bonchev–Trinajstić information content (AvgIpc) is 3.19. The third-order valence-electron chi connectivity index (χ3n) is 5.71. The summed E-state index contributed by atoms with van der Waals surface area (Å²) in [5.41, 5.74) is 3.20. The zero-order valence-electron chi connectivity index (χ0n) is 18.2. The molecule has 1 aromatic carbocycles. The molecule has 6 nitrogen and oxygen atoms in total. The molecule has 1 unspecified atom stereocenters. The predicted octanol–water partition coefficient (Wildman–Crippen LogP) is 4.56. The highest BCUT2D eigenvalue weighted by atomic mass is 32.1. The fourth-order valence-corrected chi connectivity index (χ4v) is 5.42. The molecule has 1 atom stereocenters. The van der Waals surface area contributed by atoms with Crippen molar-refractivity contribution in [1.29, 1.82) is 0 Å². The first-order valence-corrected chi connectivity index (χ1v) is 11.8. The summed E-state index contributed by atoms with van der Waals surface area (Å²) in [6.45, 7) is 6.91. The number of pyridine rings is 2. The Bertz CT molecular complexity index is 1260. The molecule has 1 saturated heterocycles. The molecular formula is C25H26N4O2S. The fraction of sp³-hybridized carbons (Fsp3) is 0.320. The smallest absolute Gasteiger partial charge is 0.262 e. The molecule has 1 N–H and O–H groups in total. The molecule has 1 aliphatic rings. The second-order valence-electron chi connectivity index (χ2n) is 8.42. The molecule has 4 heterocycles. The number of hydrogen-bond donors (Lipinski definition) is 1. The summed E-state index contributed by atoms with van der Waals surface area (Å²) in [6.07, 6.45) is 3.43. The van der Waals surface area contributed by atoms with E-state index in [2.05, 4.69) is 44.5 Å². The number of rotatable bonds is 5. The number of nitrogens with one attached hydrogen (secondary N) is 1. The van der Waals surface area contributed by atoms with Crippen LogP contribution in [0.4, 0.5) is 0 Å². The standard InChI is InChI=1S/C25H26N4O2S/c1-16(2)28-24(30)23-21(19-9-5-11-27-25(19)32-23)20-15-29(12-13-31-20)14-18-7-3-6-17-8-4-10-26-22(17)18/h3-11,16,20H,12-15H2,1-2H3,(H,28,30). The minimum Gasteiger partial charge on any atom is -0.371 e. The van der Waals surface area contributed by atoms with E-state index < -0.39 is 0 Å². The highest BCUT2D eigenvalue weighted by Gasteiger charge is 2.30. The van der Waals surface area contributed by atoms with Crippen LogP contribution < -0.4 is 5.32 Å². The molecule has 4 aromatic rings. The Balaban J connectivity index is 1.46. The van der Waals surface area contributed by atoms with Crippen LogP contribution >= 0.6 is 11.3 Å². The summed E-state index contributed by atoms with van der Waals surface area (Å²) in [4.78, 5) is 26.1. The number of aromatic nitrogens is 2. The van der Waals surface area contributed by atoms with E-state index in [9.17, 15) is 4.79 Å². The lowest BCUT2D eigenvalue weighted by Gasteiger charge is -2.33. The first kappa shape index (κ1) is 21.0. The second kappa shape index (κ2) is 8.94. The molecule has 5 rings (SSSR count). The Morgan fingerprint density at radius 3 is 2.88 bits per heavy atom. The summed E-state index contributed by atoms with van der Waals surface area (Å²) in [5.74, 6) is -0.0584. The van der Waals surface area contributed by atoms with Crippen molar-refractivity contribution < 1.29 is 9.53 Å². The highest BCUT2D eigenvalue weighted by molar-refractivity contribution is 7.20. The number of morpholine rings is 1. The maximum Gasteiger partial charge on any atom is 0.262 e. The average molecular weight is 447 g/mol. The van der Waals surface area contributed by atoms with Gasteiger partial charge in [-0.25, -0.2) is 4.98 Å². The van der Waals surface area contributed by atoms with Crippen LogP contribution in [0.2, 0.25) is 0 Å². The van der Waals surface area contributed by atoms with Crippen molar-refractivity contribution in [2.75, 3.05) is 19.7 Å². The van der Waals surface area contributed by atoms with Gasteiger partial charge < -0.3 is 10.1 Å². The monoisotopic (exact) mass is 446 g/mol. The summed E-state index contributed by atoms with van der Waals surface area (Å²) >= 11 is 1.44. The van der Waals surface area contributed by atoms with E-state index in [0.717, 1.165) is 39.8 Å². The second-order valence-corrected chi connectivity index (χ2v) is 9.42. The number of carbonyl (C=O) groups is 1. The van der Waals surface area contributed by atoms with Gasteiger partial charge in [-0.1, -0.05) is 30.3 Å². The molecule has 0 aliphatic carbocycles. The Kier molecular flexibility index (Phi) is 5.87. The van der Waals surface area contributed by atoms with Crippen molar-refractivity contribution in [2.45, 2.75) is 32.5 Å². The van der Waals surface area contributed by atoms with Gasteiger partial charge in [-0.2, -0.15) is 0 Å². The van der Waals surface area contributed by atoms with Gasteiger partial charge in [0.05, 0.1) is 18.2 Å². The number of carbonyl (C=O) groups excluding carboxylic acids is 1. The van der Waals surface area contributed by atoms with Crippen LogP contribution in [-0.2, 0) is 11.3 Å². The largest absolute Gasteiger partial charge is 0.371 e. The van der Waals surface area contributed by atoms with E-state index in [1.807, 2.05) is 38.2 Å². The highest BCUT2D eigenvalue weighted by Crippen LogP contribution is 2.37. The van der Waals surface area contributed by atoms with Gasteiger partial charge in [0.25, 0.3) is 5.91 Å².